The van der Waals surface area contributed by atoms with Crippen molar-refractivity contribution < 1.29 is 18.3 Å². The predicted molar refractivity (Wildman–Crippen MR) is 117 cm³/mol. The van der Waals surface area contributed by atoms with E-state index in [0.29, 0.717) is 31.7 Å². The van der Waals surface area contributed by atoms with Gasteiger partial charge in [0.15, 0.2) is 0 Å². The number of piperazine rings is 1. The van der Waals surface area contributed by atoms with Crippen molar-refractivity contribution in [3.63, 3.8) is 0 Å². The van der Waals surface area contributed by atoms with Crippen LogP contribution in [0.1, 0.15) is 27.0 Å². The highest BCUT2D eigenvalue weighted by Crippen LogP contribution is 2.33. The summed E-state index contributed by atoms with van der Waals surface area (Å²) in [6, 6.07) is 12.3. The van der Waals surface area contributed by atoms with Crippen LogP contribution < -0.4 is 9.64 Å². The first-order valence-corrected chi connectivity index (χ1v) is 10.3. The van der Waals surface area contributed by atoms with Crippen LogP contribution in [-0.4, -0.2) is 48.6 Å². The highest BCUT2D eigenvalue weighted by molar-refractivity contribution is 5.98. The number of nitriles is 1. The molecule has 164 valence electrons. The molecule has 0 radical (unpaired) electrons. The molecule has 1 aliphatic heterocycles. The molecule has 4 rings (SSSR count). The number of pyridine rings is 1. The summed E-state index contributed by atoms with van der Waals surface area (Å²) in [5.74, 6) is -0.486. The Kier molecular flexibility index (Phi) is 5.91. The lowest BCUT2D eigenvalue weighted by Crippen LogP contribution is -2.49. The van der Waals surface area contributed by atoms with E-state index >= 15 is 0 Å². The van der Waals surface area contributed by atoms with Crippen LogP contribution in [0.25, 0.3) is 10.9 Å². The largest absolute Gasteiger partial charge is 0.434 e. The number of hydrogen-bond acceptors (Lipinski definition) is 5. The van der Waals surface area contributed by atoms with Gasteiger partial charge in [0.05, 0.1) is 22.3 Å². The number of carbonyl (C=O) groups is 1. The normalized spacial score (nSPS) is 14.0. The van der Waals surface area contributed by atoms with Gasteiger partial charge in [-0.25, -0.2) is 0 Å². The van der Waals surface area contributed by atoms with Crippen molar-refractivity contribution in [3.8, 4) is 11.8 Å². The average Bonchev–Trinajstić information content (AvgIpc) is 2.78. The molecule has 2 aromatic carbocycles. The second-order valence-corrected chi connectivity index (χ2v) is 7.76. The van der Waals surface area contributed by atoms with E-state index < -0.39 is 6.61 Å². The second kappa shape index (κ2) is 8.79. The minimum Gasteiger partial charge on any atom is -0.434 e. The van der Waals surface area contributed by atoms with Crippen LogP contribution >= 0.6 is 0 Å². The SMILES string of the molecule is Cc1cc(C)c2ncc(C#N)c(N3CCN(C(=O)c4ccccc4OC(F)F)CC3)c2c1. The van der Waals surface area contributed by atoms with E-state index in [4.69, 9.17) is 0 Å². The Labute approximate surface area is 184 Å². The molecule has 0 unspecified atom stereocenters. The minimum absolute atomic E-state index is 0.111. The number of nitrogens with zero attached hydrogens (tertiary/aromatic N) is 4. The summed E-state index contributed by atoms with van der Waals surface area (Å²) in [6.45, 7) is 2.78. The molecule has 3 aromatic rings. The number of halogens is 2. The van der Waals surface area contributed by atoms with Crippen molar-refractivity contribution in [1.82, 2.24) is 9.88 Å². The Morgan fingerprint density at radius 1 is 1.16 bits per heavy atom. The summed E-state index contributed by atoms with van der Waals surface area (Å²) < 4.78 is 29.9. The van der Waals surface area contributed by atoms with Gasteiger partial charge in [-0.2, -0.15) is 14.0 Å². The van der Waals surface area contributed by atoms with Gasteiger partial charge in [0.25, 0.3) is 5.91 Å². The fourth-order valence-corrected chi connectivity index (χ4v) is 4.22. The fraction of sp³-hybridized carbons (Fsp3) is 0.292. The van der Waals surface area contributed by atoms with Gasteiger partial charge in [-0.3, -0.25) is 9.78 Å². The van der Waals surface area contributed by atoms with Crippen LogP contribution in [0.2, 0.25) is 0 Å². The number of para-hydroxylation sites is 1. The number of alkyl halides is 2. The number of hydrogen-bond donors (Lipinski definition) is 0. The van der Waals surface area contributed by atoms with Gasteiger partial charge >= 0.3 is 6.61 Å². The summed E-state index contributed by atoms with van der Waals surface area (Å²) in [5.41, 5.74) is 4.38. The number of aromatic nitrogens is 1. The molecule has 6 nitrogen and oxygen atoms in total. The Hall–Kier alpha value is -3.73. The quantitative estimate of drug-likeness (QED) is 0.610. The van der Waals surface area contributed by atoms with Gasteiger partial charge in [-0.1, -0.05) is 23.8 Å². The van der Waals surface area contributed by atoms with Crippen molar-refractivity contribution in [1.29, 1.82) is 5.26 Å². The summed E-state index contributed by atoms with van der Waals surface area (Å²) in [6.07, 6.45) is 1.59. The van der Waals surface area contributed by atoms with E-state index in [0.717, 1.165) is 27.7 Å². The molecule has 32 heavy (non-hydrogen) atoms. The zero-order valence-corrected chi connectivity index (χ0v) is 17.8. The second-order valence-electron chi connectivity index (χ2n) is 7.76. The first kappa shape index (κ1) is 21.5. The molecule has 0 bridgehead atoms. The number of ether oxygens (including phenoxy) is 1. The first-order valence-electron chi connectivity index (χ1n) is 10.3. The number of benzene rings is 2. The maximum absolute atomic E-state index is 13.0. The molecular weight excluding hydrogens is 414 g/mol. The van der Waals surface area contributed by atoms with Crippen LogP contribution in [0.5, 0.6) is 5.75 Å². The van der Waals surface area contributed by atoms with Crippen LogP contribution in [0.3, 0.4) is 0 Å². The number of aryl methyl sites for hydroxylation is 2. The first-order chi connectivity index (χ1) is 15.4. The standard InChI is InChI=1S/C24H22F2N4O2/c1-15-11-16(2)21-19(12-15)22(17(13-27)14-28-21)29-7-9-30(10-8-29)23(31)18-5-3-4-6-20(18)32-24(25)26/h3-6,11-12,14,24H,7-10H2,1-2H3. The maximum Gasteiger partial charge on any atom is 0.387 e. The van der Waals surface area contributed by atoms with Crippen LogP contribution in [0, 0.1) is 25.2 Å². The Bertz CT molecular complexity index is 1210. The lowest BCUT2D eigenvalue weighted by Gasteiger charge is -2.37. The highest BCUT2D eigenvalue weighted by atomic mass is 19.3. The van der Waals surface area contributed by atoms with E-state index in [1.165, 1.54) is 12.1 Å². The van der Waals surface area contributed by atoms with E-state index in [2.05, 4.69) is 26.8 Å². The molecule has 1 aromatic heterocycles. The van der Waals surface area contributed by atoms with Crippen molar-refractivity contribution >= 4 is 22.5 Å². The number of carbonyl (C=O) groups excluding carboxylic acids is 1. The molecule has 0 N–H and O–H groups in total. The van der Waals surface area contributed by atoms with Crippen LogP contribution in [-0.2, 0) is 0 Å². The predicted octanol–water partition coefficient (Wildman–Crippen LogP) is 4.29. The third kappa shape index (κ3) is 4.06. The number of amides is 1. The fourth-order valence-electron chi connectivity index (χ4n) is 4.22. The molecule has 1 fully saturated rings. The maximum atomic E-state index is 13.0. The minimum atomic E-state index is -3.00. The van der Waals surface area contributed by atoms with E-state index in [1.807, 2.05) is 19.9 Å². The summed E-state index contributed by atoms with van der Waals surface area (Å²) in [5, 5.41) is 10.6. The molecule has 1 saturated heterocycles. The summed E-state index contributed by atoms with van der Waals surface area (Å²) >= 11 is 0. The molecule has 0 atom stereocenters. The third-order valence-electron chi connectivity index (χ3n) is 5.61. The Morgan fingerprint density at radius 2 is 1.88 bits per heavy atom. The van der Waals surface area contributed by atoms with Gasteiger partial charge in [0.2, 0.25) is 0 Å². The molecule has 0 aliphatic carbocycles. The Morgan fingerprint density at radius 3 is 2.56 bits per heavy atom. The number of anilines is 1. The third-order valence-corrected chi connectivity index (χ3v) is 5.61. The van der Waals surface area contributed by atoms with Gasteiger partial charge < -0.3 is 14.5 Å². The van der Waals surface area contributed by atoms with Crippen molar-refractivity contribution in [2.75, 3.05) is 31.1 Å². The molecule has 1 amide bonds. The molecule has 8 heteroatoms. The van der Waals surface area contributed by atoms with Crippen molar-refractivity contribution in [3.05, 3.63) is 64.8 Å². The molecule has 1 aliphatic rings. The summed E-state index contributed by atoms with van der Waals surface area (Å²) in [7, 11) is 0. The van der Waals surface area contributed by atoms with Gasteiger partial charge in [0, 0.05) is 37.8 Å². The van der Waals surface area contributed by atoms with Crippen LogP contribution in [0.4, 0.5) is 14.5 Å². The highest BCUT2D eigenvalue weighted by Gasteiger charge is 2.27. The van der Waals surface area contributed by atoms with Crippen molar-refractivity contribution in [2.24, 2.45) is 0 Å². The lowest BCUT2D eigenvalue weighted by atomic mass is 10.0. The smallest absolute Gasteiger partial charge is 0.387 e. The number of fused-ring (bicyclic) bond motifs is 1. The monoisotopic (exact) mass is 436 g/mol. The summed E-state index contributed by atoms with van der Waals surface area (Å²) in [4.78, 5) is 21.2. The van der Waals surface area contributed by atoms with Gasteiger partial charge in [-0.05, 0) is 37.6 Å². The zero-order chi connectivity index (χ0) is 22.8. The van der Waals surface area contributed by atoms with Gasteiger partial charge in [-0.15, -0.1) is 0 Å². The van der Waals surface area contributed by atoms with E-state index in [9.17, 15) is 18.8 Å². The average molecular weight is 436 g/mol. The molecular formula is C24H22F2N4O2. The Balaban J connectivity index is 1.60. The van der Waals surface area contributed by atoms with Crippen molar-refractivity contribution in [2.45, 2.75) is 20.5 Å². The van der Waals surface area contributed by atoms with E-state index in [1.54, 1.807) is 23.2 Å². The van der Waals surface area contributed by atoms with Crippen LogP contribution in [0.15, 0.2) is 42.6 Å². The number of rotatable bonds is 4. The molecule has 0 saturated carbocycles. The van der Waals surface area contributed by atoms with E-state index in [-0.39, 0.29) is 17.2 Å². The zero-order valence-electron chi connectivity index (χ0n) is 17.8. The van der Waals surface area contributed by atoms with Gasteiger partial charge in [0.1, 0.15) is 11.8 Å². The topological polar surface area (TPSA) is 69.5 Å². The molecule has 2 heterocycles. The molecule has 0 spiro atoms. The lowest BCUT2D eigenvalue weighted by molar-refractivity contribution is -0.0502.